The normalized spacial score (nSPS) is 21.7. The number of carbonyl (C=O) groups excluding carboxylic acids is 1. The van der Waals surface area contributed by atoms with Gasteiger partial charge in [-0.2, -0.15) is 0 Å². The third-order valence-electron chi connectivity index (χ3n) is 5.22. The summed E-state index contributed by atoms with van der Waals surface area (Å²) in [6, 6.07) is -0.201. The Bertz CT molecular complexity index is 698. The van der Waals surface area contributed by atoms with E-state index in [1.54, 1.807) is 4.90 Å². The standard InChI is InChI=1S/C19H36N2O5SSi/c1-9-10-25-18(22)21-14-17(26-28(7,8)19(3,4)5)12-16(21)11-15(2)13-20-27(6,23)24/h9,11,16-17,20H,1,10,12-14H2,2-8H3/b15-11+/t16-,17-/m1/s1. The number of amides is 1. The smallest absolute Gasteiger partial charge is 0.410 e. The minimum absolute atomic E-state index is 0.0738. The highest BCUT2D eigenvalue weighted by Crippen LogP contribution is 2.39. The zero-order valence-electron chi connectivity index (χ0n) is 18.2. The van der Waals surface area contributed by atoms with Crippen LogP contribution in [0.25, 0.3) is 0 Å². The molecule has 1 rings (SSSR count). The van der Waals surface area contributed by atoms with Crippen LogP contribution in [0.1, 0.15) is 34.1 Å². The van der Waals surface area contributed by atoms with Crippen molar-refractivity contribution in [3.8, 4) is 0 Å². The number of hydrogen-bond acceptors (Lipinski definition) is 5. The Morgan fingerprint density at radius 3 is 2.46 bits per heavy atom. The summed E-state index contributed by atoms with van der Waals surface area (Å²) in [6.45, 7) is 17.2. The first-order valence-electron chi connectivity index (χ1n) is 9.50. The molecule has 1 aliphatic rings. The first-order valence-corrected chi connectivity index (χ1v) is 14.3. The fourth-order valence-electron chi connectivity index (χ4n) is 2.72. The van der Waals surface area contributed by atoms with Gasteiger partial charge >= 0.3 is 6.09 Å². The first kappa shape index (κ1) is 24.9. The zero-order chi connectivity index (χ0) is 21.8. The summed E-state index contributed by atoms with van der Waals surface area (Å²) in [7, 11) is -5.25. The summed E-state index contributed by atoms with van der Waals surface area (Å²) >= 11 is 0. The van der Waals surface area contributed by atoms with E-state index in [0.717, 1.165) is 11.8 Å². The van der Waals surface area contributed by atoms with Gasteiger partial charge in [-0.1, -0.05) is 45.1 Å². The van der Waals surface area contributed by atoms with Gasteiger partial charge < -0.3 is 9.16 Å². The van der Waals surface area contributed by atoms with E-state index in [9.17, 15) is 13.2 Å². The molecular formula is C19H36N2O5SSi. The van der Waals surface area contributed by atoms with Gasteiger partial charge in [0.05, 0.1) is 18.4 Å². The molecule has 0 bridgehead atoms. The third kappa shape index (κ3) is 7.69. The van der Waals surface area contributed by atoms with Gasteiger partial charge in [-0.3, -0.25) is 4.90 Å². The molecule has 0 aromatic heterocycles. The molecule has 0 radical (unpaired) electrons. The lowest BCUT2D eigenvalue weighted by Crippen LogP contribution is -2.44. The van der Waals surface area contributed by atoms with Crippen LogP contribution in [0.2, 0.25) is 18.1 Å². The number of likely N-dealkylation sites (tertiary alicyclic amines) is 1. The quantitative estimate of drug-likeness (QED) is 0.470. The lowest BCUT2D eigenvalue weighted by Gasteiger charge is -2.38. The van der Waals surface area contributed by atoms with Crippen molar-refractivity contribution in [2.45, 2.75) is 64.4 Å². The molecule has 1 heterocycles. The predicted octanol–water partition coefficient (Wildman–Crippen LogP) is 3.27. The average molecular weight is 433 g/mol. The van der Waals surface area contributed by atoms with E-state index in [4.69, 9.17) is 9.16 Å². The van der Waals surface area contributed by atoms with Crippen molar-refractivity contribution in [1.29, 1.82) is 0 Å². The lowest BCUT2D eigenvalue weighted by atomic mass is 10.1. The predicted molar refractivity (Wildman–Crippen MR) is 115 cm³/mol. The fraction of sp³-hybridized carbons (Fsp3) is 0.737. The van der Waals surface area contributed by atoms with Gasteiger partial charge in [0.15, 0.2) is 8.32 Å². The van der Waals surface area contributed by atoms with E-state index in [1.165, 1.54) is 6.08 Å². The van der Waals surface area contributed by atoms with Crippen molar-refractivity contribution < 1.29 is 22.4 Å². The minimum atomic E-state index is -3.27. The highest BCUT2D eigenvalue weighted by Gasteiger charge is 2.43. The van der Waals surface area contributed by atoms with E-state index >= 15 is 0 Å². The fourth-order valence-corrected chi connectivity index (χ4v) is 4.57. The molecule has 0 saturated carbocycles. The summed E-state index contributed by atoms with van der Waals surface area (Å²) in [4.78, 5) is 14.2. The van der Waals surface area contributed by atoms with Crippen LogP contribution in [-0.2, 0) is 19.2 Å². The van der Waals surface area contributed by atoms with Gasteiger partial charge in [0.25, 0.3) is 0 Å². The molecule has 1 saturated heterocycles. The van der Waals surface area contributed by atoms with Crippen LogP contribution >= 0.6 is 0 Å². The summed E-state index contributed by atoms with van der Waals surface area (Å²) in [6.07, 6.45) is 4.75. The largest absolute Gasteiger partial charge is 0.445 e. The molecule has 2 atom stereocenters. The Morgan fingerprint density at radius 1 is 1.36 bits per heavy atom. The van der Waals surface area contributed by atoms with Gasteiger partial charge in [-0.15, -0.1) is 0 Å². The van der Waals surface area contributed by atoms with E-state index in [2.05, 4.69) is 45.2 Å². The highest BCUT2D eigenvalue weighted by molar-refractivity contribution is 7.88. The van der Waals surface area contributed by atoms with E-state index < -0.39 is 24.4 Å². The monoisotopic (exact) mass is 432 g/mol. The van der Waals surface area contributed by atoms with Gasteiger partial charge in [0.1, 0.15) is 6.61 Å². The van der Waals surface area contributed by atoms with Crippen LogP contribution in [0.15, 0.2) is 24.3 Å². The summed E-state index contributed by atoms with van der Waals surface area (Å²) < 4.78 is 36.8. The number of nitrogens with one attached hydrogen (secondary N) is 1. The van der Waals surface area contributed by atoms with Crippen molar-refractivity contribution in [3.63, 3.8) is 0 Å². The Kier molecular flexibility index (Phi) is 8.49. The van der Waals surface area contributed by atoms with Crippen molar-refractivity contribution in [1.82, 2.24) is 9.62 Å². The Morgan fingerprint density at radius 2 is 1.96 bits per heavy atom. The Hall–Kier alpha value is -1.16. The van der Waals surface area contributed by atoms with E-state index in [-0.39, 0.29) is 30.3 Å². The van der Waals surface area contributed by atoms with Crippen LogP contribution in [0.3, 0.4) is 0 Å². The second-order valence-electron chi connectivity index (χ2n) is 8.93. The number of rotatable bonds is 8. The summed E-state index contributed by atoms with van der Waals surface area (Å²) in [5.74, 6) is 0. The van der Waals surface area contributed by atoms with Crippen molar-refractivity contribution >= 4 is 24.4 Å². The molecule has 0 aromatic rings. The van der Waals surface area contributed by atoms with Crippen molar-refractivity contribution in [2.75, 3.05) is 26.0 Å². The molecule has 0 aliphatic carbocycles. The number of ether oxygens (including phenoxy) is 1. The van der Waals surface area contributed by atoms with Crippen LogP contribution in [0.4, 0.5) is 4.79 Å². The van der Waals surface area contributed by atoms with Crippen LogP contribution < -0.4 is 4.72 Å². The Labute approximate surface area is 171 Å². The van der Waals surface area contributed by atoms with Crippen molar-refractivity contribution in [3.05, 3.63) is 24.3 Å². The number of nitrogens with zero attached hydrogens (tertiary/aromatic N) is 1. The van der Waals surface area contributed by atoms with Gasteiger partial charge in [-0.05, 0) is 31.5 Å². The summed E-state index contributed by atoms with van der Waals surface area (Å²) in [5.41, 5.74) is 0.838. The topological polar surface area (TPSA) is 84.9 Å². The van der Waals surface area contributed by atoms with Crippen LogP contribution in [0.5, 0.6) is 0 Å². The second-order valence-corrected chi connectivity index (χ2v) is 15.5. The van der Waals surface area contributed by atoms with Crippen LogP contribution in [0, 0.1) is 0 Å². The summed E-state index contributed by atoms with van der Waals surface area (Å²) in [5, 5.41) is 0.0738. The molecular weight excluding hydrogens is 396 g/mol. The molecule has 0 unspecified atom stereocenters. The maximum Gasteiger partial charge on any atom is 0.410 e. The van der Waals surface area contributed by atoms with Crippen molar-refractivity contribution in [2.24, 2.45) is 0 Å². The van der Waals surface area contributed by atoms with Crippen LogP contribution in [-0.4, -0.2) is 65.8 Å². The molecule has 162 valence electrons. The molecule has 1 amide bonds. The van der Waals surface area contributed by atoms with Gasteiger partial charge in [0, 0.05) is 13.1 Å². The Balaban J connectivity index is 2.96. The second kappa shape index (κ2) is 9.56. The highest BCUT2D eigenvalue weighted by atomic mass is 32.2. The SMILES string of the molecule is C=CCOC(=O)N1C[C@H](O[Si](C)(C)C(C)(C)C)C[C@H]1/C=C(\C)CNS(C)(=O)=O. The molecule has 1 aliphatic heterocycles. The average Bonchev–Trinajstić information content (AvgIpc) is 2.90. The molecule has 0 aromatic carbocycles. The molecule has 9 heteroatoms. The number of sulfonamides is 1. The lowest BCUT2D eigenvalue weighted by molar-refractivity contribution is 0.108. The van der Waals surface area contributed by atoms with E-state index in [1.807, 2.05) is 13.0 Å². The first-order chi connectivity index (χ1) is 12.7. The number of carbonyl (C=O) groups is 1. The maximum atomic E-state index is 12.5. The molecule has 1 fully saturated rings. The molecule has 1 N–H and O–H groups in total. The van der Waals surface area contributed by atoms with Gasteiger partial charge in [0.2, 0.25) is 10.0 Å². The minimum Gasteiger partial charge on any atom is -0.445 e. The van der Waals surface area contributed by atoms with Gasteiger partial charge in [-0.25, -0.2) is 17.9 Å². The van der Waals surface area contributed by atoms with E-state index in [0.29, 0.717) is 13.0 Å². The zero-order valence-corrected chi connectivity index (χ0v) is 20.1. The molecule has 7 nitrogen and oxygen atoms in total. The number of hydrogen-bond donors (Lipinski definition) is 1. The molecule has 28 heavy (non-hydrogen) atoms. The molecule has 0 spiro atoms. The third-order valence-corrected chi connectivity index (χ3v) is 10.4. The maximum absolute atomic E-state index is 12.5.